The molecule has 0 aliphatic heterocycles. The minimum absolute atomic E-state index is 0.0841. The molecule has 74 valence electrons. The molecule has 0 saturated carbocycles. The van der Waals surface area contributed by atoms with Crippen molar-refractivity contribution in [3.8, 4) is 0 Å². The van der Waals surface area contributed by atoms with Crippen molar-refractivity contribution in [2.45, 2.75) is 0 Å². The van der Waals surface area contributed by atoms with Gasteiger partial charge in [0.05, 0.1) is 19.8 Å². The van der Waals surface area contributed by atoms with Gasteiger partial charge in [0.15, 0.2) is 0 Å². The van der Waals surface area contributed by atoms with Gasteiger partial charge in [0, 0.05) is 26.3 Å². The number of nitrogens with zero attached hydrogens (tertiary/aromatic N) is 1. The maximum absolute atomic E-state index is 8.62. The highest BCUT2D eigenvalue weighted by Gasteiger charge is 2.00. The van der Waals surface area contributed by atoms with E-state index < -0.39 is 0 Å². The van der Waals surface area contributed by atoms with Gasteiger partial charge < -0.3 is 20.6 Å². The van der Waals surface area contributed by atoms with E-state index in [9.17, 15) is 0 Å². The van der Waals surface area contributed by atoms with E-state index in [2.05, 4.69) is 5.32 Å². The van der Waals surface area contributed by atoms with Crippen molar-refractivity contribution in [1.82, 2.24) is 10.2 Å². The Balaban J connectivity index is 3.34. The van der Waals surface area contributed by atoms with Crippen LogP contribution < -0.4 is 5.32 Å². The second-order valence-corrected chi connectivity index (χ2v) is 2.45. The van der Waals surface area contributed by atoms with E-state index in [1.54, 1.807) is 0 Å². The highest BCUT2D eigenvalue weighted by Crippen LogP contribution is 1.82. The van der Waals surface area contributed by atoms with Crippen molar-refractivity contribution < 1.29 is 15.3 Å². The molecule has 0 radical (unpaired) electrons. The monoisotopic (exact) mass is 178 g/mol. The number of aliphatic hydroxyl groups excluding tert-OH is 3. The average molecular weight is 178 g/mol. The van der Waals surface area contributed by atoms with Gasteiger partial charge in [-0.15, -0.1) is 0 Å². The van der Waals surface area contributed by atoms with Gasteiger partial charge >= 0.3 is 0 Å². The summed E-state index contributed by atoms with van der Waals surface area (Å²) in [5, 5.41) is 28.7. The Morgan fingerprint density at radius 2 is 1.50 bits per heavy atom. The molecular weight excluding hydrogens is 160 g/mol. The quantitative estimate of drug-likeness (QED) is 0.251. The van der Waals surface area contributed by atoms with Crippen LogP contribution in [0.1, 0.15) is 0 Å². The highest BCUT2D eigenvalue weighted by molar-refractivity contribution is 4.54. The maximum Gasteiger partial charge on any atom is 0.0558 e. The number of aliphatic hydroxyl groups is 3. The molecule has 0 heterocycles. The van der Waals surface area contributed by atoms with E-state index in [-0.39, 0.29) is 19.8 Å². The molecule has 0 aromatic rings. The Labute approximate surface area is 72.6 Å². The van der Waals surface area contributed by atoms with Crippen LogP contribution in [0.5, 0.6) is 0 Å². The fourth-order valence-corrected chi connectivity index (χ4v) is 0.869. The van der Waals surface area contributed by atoms with Crippen molar-refractivity contribution in [3.63, 3.8) is 0 Å². The third-order valence-electron chi connectivity index (χ3n) is 1.46. The van der Waals surface area contributed by atoms with Crippen molar-refractivity contribution in [2.75, 3.05) is 46.1 Å². The zero-order valence-electron chi connectivity index (χ0n) is 7.24. The molecule has 5 nitrogen and oxygen atoms in total. The lowest BCUT2D eigenvalue weighted by Crippen LogP contribution is -2.38. The van der Waals surface area contributed by atoms with Gasteiger partial charge in [-0.2, -0.15) is 0 Å². The van der Waals surface area contributed by atoms with Gasteiger partial charge in [-0.1, -0.05) is 0 Å². The summed E-state index contributed by atoms with van der Waals surface area (Å²) >= 11 is 0. The third kappa shape index (κ3) is 6.51. The first-order chi connectivity index (χ1) is 5.85. The summed E-state index contributed by atoms with van der Waals surface area (Å²) in [6, 6.07) is 0. The summed E-state index contributed by atoms with van der Waals surface area (Å²) in [7, 11) is 0. The van der Waals surface area contributed by atoms with E-state index in [1.165, 1.54) is 0 Å². The minimum atomic E-state index is 0.0841. The van der Waals surface area contributed by atoms with Crippen molar-refractivity contribution in [1.29, 1.82) is 0 Å². The Kier molecular flexibility index (Phi) is 8.74. The number of rotatable bonds is 8. The molecule has 0 aliphatic rings. The fourth-order valence-electron chi connectivity index (χ4n) is 0.869. The Hall–Kier alpha value is -0.200. The fraction of sp³-hybridized carbons (Fsp3) is 1.00. The summed E-state index contributed by atoms with van der Waals surface area (Å²) in [6.45, 7) is 2.47. The molecule has 12 heavy (non-hydrogen) atoms. The van der Waals surface area contributed by atoms with Crippen LogP contribution in [0.25, 0.3) is 0 Å². The maximum atomic E-state index is 8.62. The Morgan fingerprint density at radius 3 is 1.92 bits per heavy atom. The number of hydrogen-bond donors (Lipinski definition) is 4. The first-order valence-electron chi connectivity index (χ1n) is 4.10. The predicted octanol–water partition coefficient (Wildman–Crippen LogP) is -2.19. The van der Waals surface area contributed by atoms with E-state index in [4.69, 9.17) is 15.3 Å². The first kappa shape index (κ1) is 11.8. The van der Waals surface area contributed by atoms with E-state index in [0.717, 1.165) is 0 Å². The van der Waals surface area contributed by atoms with Crippen LogP contribution in [-0.4, -0.2) is 66.3 Å². The summed E-state index contributed by atoms with van der Waals surface area (Å²) < 4.78 is 0. The van der Waals surface area contributed by atoms with Crippen LogP contribution in [0.2, 0.25) is 0 Å². The normalized spacial score (nSPS) is 11.0. The molecule has 0 aromatic heterocycles. The first-order valence-corrected chi connectivity index (χ1v) is 4.10. The molecule has 4 N–H and O–H groups in total. The summed E-state index contributed by atoms with van der Waals surface area (Å²) in [5.74, 6) is 0. The van der Waals surface area contributed by atoms with Gasteiger partial charge in [-0.3, -0.25) is 4.90 Å². The van der Waals surface area contributed by atoms with Gasteiger partial charge in [0.25, 0.3) is 0 Å². The molecule has 0 rings (SSSR count). The van der Waals surface area contributed by atoms with Crippen LogP contribution in [0.3, 0.4) is 0 Å². The summed E-state index contributed by atoms with van der Waals surface area (Å²) in [4.78, 5) is 1.87. The highest BCUT2D eigenvalue weighted by atomic mass is 16.3. The van der Waals surface area contributed by atoms with E-state index in [0.29, 0.717) is 26.3 Å². The topological polar surface area (TPSA) is 76.0 Å². The molecule has 0 unspecified atom stereocenters. The zero-order valence-corrected chi connectivity index (χ0v) is 7.24. The molecule has 0 saturated heterocycles. The van der Waals surface area contributed by atoms with Crippen LogP contribution in [0, 0.1) is 0 Å². The van der Waals surface area contributed by atoms with Crippen molar-refractivity contribution in [3.05, 3.63) is 0 Å². The lowest BCUT2D eigenvalue weighted by atomic mass is 10.5. The van der Waals surface area contributed by atoms with Crippen LogP contribution in [0.4, 0.5) is 0 Å². The SMILES string of the molecule is OCCNCN(CCO)CCO. The number of hydrogen-bond acceptors (Lipinski definition) is 5. The Bertz CT molecular complexity index is 86.7. The molecule has 0 spiro atoms. The molecule has 0 atom stereocenters. The van der Waals surface area contributed by atoms with Crippen LogP contribution >= 0.6 is 0 Å². The summed E-state index contributed by atoms with van der Waals surface area (Å²) in [6.07, 6.45) is 0. The smallest absolute Gasteiger partial charge is 0.0558 e. The Morgan fingerprint density at radius 1 is 0.917 bits per heavy atom. The average Bonchev–Trinajstić information content (AvgIpc) is 2.06. The molecular formula is C7H18N2O3. The number of nitrogens with one attached hydrogen (secondary N) is 1. The summed E-state index contributed by atoms with van der Waals surface area (Å²) in [5.41, 5.74) is 0. The predicted molar refractivity (Wildman–Crippen MR) is 45.7 cm³/mol. The lowest BCUT2D eigenvalue weighted by Gasteiger charge is -2.20. The van der Waals surface area contributed by atoms with Gasteiger partial charge in [0.1, 0.15) is 0 Å². The van der Waals surface area contributed by atoms with E-state index >= 15 is 0 Å². The van der Waals surface area contributed by atoms with Gasteiger partial charge in [-0.05, 0) is 0 Å². The van der Waals surface area contributed by atoms with Gasteiger partial charge in [-0.25, -0.2) is 0 Å². The second-order valence-electron chi connectivity index (χ2n) is 2.45. The molecule has 0 fully saturated rings. The standard InChI is InChI=1S/C7H18N2O3/c10-4-1-8-7-9(2-5-11)3-6-12/h8,10-12H,1-7H2. The molecule has 0 amide bonds. The van der Waals surface area contributed by atoms with Gasteiger partial charge in [0.2, 0.25) is 0 Å². The zero-order chi connectivity index (χ0) is 9.23. The molecule has 0 aliphatic carbocycles. The third-order valence-corrected chi connectivity index (χ3v) is 1.46. The van der Waals surface area contributed by atoms with Crippen molar-refractivity contribution in [2.24, 2.45) is 0 Å². The van der Waals surface area contributed by atoms with Crippen LogP contribution in [-0.2, 0) is 0 Å². The lowest BCUT2D eigenvalue weighted by molar-refractivity contribution is 0.150. The molecule has 0 bridgehead atoms. The van der Waals surface area contributed by atoms with E-state index in [1.807, 2.05) is 4.90 Å². The molecule has 5 heteroatoms. The van der Waals surface area contributed by atoms with Crippen LogP contribution in [0.15, 0.2) is 0 Å². The second kappa shape index (κ2) is 8.89. The molecule has 0 aromatic carbocycles. The van der Waals surface area contributed by atoms with Crippen molar-refractivity contribution >= 4 is 0 Å². The minimum Gasteiger partial charge on any atom is -0.395 e. The largest absolute Gasteiger partial charge is 0.395 e.